The van der Waals surface area contributed by atoms with Gasteiger partial charge >= 0.3 is 0 Å². The highest BCUT2D eigenvalue weighted by Crippen LogP contribution is 2.23. The van der Waals surface area contributed by atoms with Crippen LogP contribution in [0.25, 0.3) is 11.1 Å². The van der Waals surface area contributed by atoms with Crippen molar-refractivity contribution in [1.29, 1.82) is 0 Å². The molecule has 0 unspecified atom stereocenters. The molecule has 1 aromatic heterocycles. The summed E-state index contributed by atoms with van der Waals surface area (Å²) in [4.78, 5) is 34.5. The second kappa shape index (κ2) is 11.4. The molecule has 8 nitrogen and oxygen atoms in total. The topological polar surface area (TPSA) is 122 Å². The zero-order valence-corrected chi connectivity index (χ0v) is 21.5. The summed E-state index contributed by atoms with van der Waals surface area (Å²) in [5, 5.41) is 8.69. The molecular formula is C31H25FN6O2. The Morgan fingerprint density at radius 2 is 1.45 bits per heavy atom. The number of nitrogens with two attached hydrogens (primary N) is 1. The van der Waals surface area contributed by atoms with Gasteiger partial charge in [0.05, 0.1) is 18.1 Å². The van der Waals surface area contributed by atoms with Crippen LogP contribution in [-0.2, 0) is 0 Å². The summed E-state index contributed by atoms with van der Waals surface area (Å²) in [6.45, 7) is 1.81. The van der Waals surface area contributed by atoms with Crippen molar-refractivity contribution in [2.75, 3.05) is 21.7 Å². The number of hydrogen-bond donors (Lipinski definition) is 4. The van der Waals surface area contributed by atoms with Crippen LogP contribution in [0.15, 0.2) is 103 Å². The van der Waals surface area contributed by atoms with E-state index >= 15 is 0 Å². The third-order valence-corrected chi connectivity index (χ3v) is 6.09. The third-order valence-electron chi connectivity index (χ3n) is 6.09. The van der Waals surface area contributed by atoms with E-state index in [2.05, 4.69) is 25.9 Å². The highest BCUT2D eigenvalue weighted by atomic mass is 19.1. The smallest absolute Gasteiger partial charge is 0.256 e. The Hall–Kier alpha value is -5.57. The van der Waals surface area contributed by atoms with E-state index in [4.69, 9.17) is 5.73 Å². The van der Waals surface area contributed by atoms with Crippen LogP contribution in [0.5, 0.6) is 0 Å². The maximum atomic E-state index is 13.3. The Labute approximate surface area is 230 Å². The first-order chi connectivity index (χ1) is 19.3. The van der Waals surface area contributed by atoms with E-state index < -0.39 is 0 Å². The van der Waals surface area contributed by atoms with Gasteiger partial charge in [0.1, 0.15) is 5.82 Å². The Bertz CT molecular complexity index is 1690. The molecule has 40 heavy (non-hydrogen) atoms. The number of nitrogens with zero attached hydrogens (tertiary/aromatic N) is 2. The lowest BCUT2D eigenvalue weighted by atomic mass is 10.0. The fraction of sp³-hybridized carbons (Fsp3) is 0.0323. The fourth-order valence-corrected chi connectivity index (χ4v) is 4.03. The zero-order valence-electron chi connectivity index (χ0n) is 21.5. The minimum absolute atomic E-state index is 0.326. The lowest BCUT2D eigenvalue weighted by molar-refractivity contribution is 0.101. The van der Waals surface area contributed by atoms with Crippen molar-refractivity contribution in [2.45, 2.75) is 6.92 Å². The second-order valence-electron chi connectivity index (χ2n) is 9.07. The molecule has 5 aromatic rings. The molecule has 0 bridgehead atoms. The number of amides is 2. The lowest BCUT2D eigenvalue weighted by Crippen LogP contribution is -2.16. The van der Waals surface area contributed by atoms with Crippen molar-refractivity contribution in [3.8, 4) is 11.1 Å². The molecule has 9 heteroatoms. The van der Waals surface area contributed by atoms with E-state index in [-0.39, 0.29) is 17.6 Å². The maximum absolute atomic E-state index is 13.3. The van der Waals surface area contributed by atoms with Crippen LogP contribution in [0.4, 0.5) is 33.1 Å². The van der Waals surface area contributed by atoms with Crippen molar-refractivity contribution < 1.29 is 14.0 Å². The highest BCUT2D eigenvalue weighted by molar-refractivity contribution is 6.08. The molecule has 0 aliphatic heterocycles. The van der Waals surface area contributed by atoms with Crippen LogP contribution in [0.3, 0.4) is 0 Å². The predicted molar refractivity (Wildman–Crippen MR) is 155 cm³/mol. The minimum atomic E-state index is -0.368. The number of halogens is 1. The number of aryl methyl sites for hydroxylation is 1. The summed E-state index contributed by atoms with van der Waals surface area (Å²) < 4.78 is 13.3. The molecule has 0 saturated carbocycles. The van der Waals surface area contributed by atoms with Gasteiger partial charge in [-0.15, -0.1) is 0 Å². The molecule has 0 atom stereocenters. The molecular weight excluding hydrogens is 507 g/mol. The zero-order chi connectivity index (χ0) is 28.1. The number of carbonyl (C=O) groups excluding carboxylic acids is 2. The summed E-state index contributed by atoms with van der Waals surface area (Å²) in [5.41, 5.74) is 11.2. The minimum Gasteiger partial charge on any atom is -0.399 e. The molecule has 198 valence electrons. The van der Waals surface area contributed by atoms with Gasteiger partial charge in [0.2, 0.25) is 5.95 Å². The van der Waals surface area contributed by atoms with Crippen LogP contribution < -0.4 is 21.7 Å². The molecule has 0 spiro atoms. The van der Waals surface area contributed by atoms with E-state index in [1.165, 1.54) is 24.5 Å². The largest absolute Gasteiger partial charge is 0.399 e. The molecule has 0 radical (unpaired) electrons. The number of rotatable bonds is 7. The first-order valence-corrected chi connectivity index (χ1v) is 12.4. The number of carbonyl (C=O) groups is 2. The predicted octanol–water partition coefficient (Wildman–Crippen LogP) is 6.42. The summed E-state index contributed by atoms with van der Waals surface area (Å²) in [7, 11) is 0. The van der Waals surface area contributed by atoms with Crippen LogP contribution in [0, 0.1) is 12.7 Å². The van der Waals surface area contributed by atoms with Gasteiger partial charge in [-0.3, -0.25) is 9.59 Å². The van der Waals surface area contributed by atoms with Crippen LogP contribution in [-0.4, -0.2) is 21.8 Å². The highest BCUT2D eigenvalue weighted by Gasteiger charge is 2.14. The number of benzene rings is 4. The molecule has 5 N–H and O–H groups in total. The van der Waals surface area contributed by atoms with Gasteiger partial charge in [-0.2, -0.15) is 0 Å². The number of hydrogen-bond acceptors (Lipinski definition) is 6. The Kier molecular flexibility index (Phi) is 7.45. The fourth-order valence-electron chi connectivity index (χ4n) is 4.03. The molecule has 0 aliphatic rings. The van der Waals surface area contributed by atoms with E-state index in [1.807, 2.05) is 25.1 Å². The average molecular weight is 533 g/mol. The van der Waals surface area contributed by atoms with Gasteiger partial charge in [-0.25, -0.2) is 14.4 Å². The third kappa shape index (κ3) is 6.28. The second-order valence-corrected chi connectivity index (χ2v) is 9.07. The Balaban J connectivity index is 1.26. The van der Waals surface area contributed by atoms with Crippen molar-refractivity contribution in [3.63, 3.8) is 0 Å². The SMILES string of the molecule is Cc1ccc(NC(=O)c2cccc(-c3ccc(F)cc3)c2)cc1C(=O)Nc1cnc(Nc2cccc(N)c2)nc1. The molecule has 0 aliphatic carbocycles. The van der Waals surface area contributed by atoms with Gasteiger partial charge in [-0.05, 0) is 78.2 Å². The van der Waals surface area contributed by atoms with Gasteiger partial charge in [0.25, 0.3) is 11.8 Å². The molecule has 0 saturated heterocycles. The summed E-state index contributed by atoms with van der Waals surface area (Å²) in [6, 6.07) is 25.4. The molecule has 2 amide bonds. The standard InChI is InChI=1S/C31H25FN6O2/c1-19-8-13-26(36-29(39)22-5-2-4-21(14-22)20-9-11-23(32)12-10-20)16-28(19)30(40)37-27-17-34-31(35-18-27)38-25-7-3-6-24(33)15-25/h2-18H,33H2,1H3,(H,36,39)(H,37,40)(H,34,35,38). The number of nitrogen functional groups attached to an aromatic ring is 1. The summed E-state index contributed by atoms with van der Waals surface area (Å²) >= 11 is 0. The lowest BCUT2D eigenvalue weighted by Gasteiger charge is -2.12. The average Bonchev–Trinajstić information content (AvgIpc) is 2.95. The molecule has 5 rings (SSSR count). The molecule has 1 heterocycles. The van der Waals surface area contributed by atoms with Gasteiger partial charge in [0.15, 0.2) is 0 Å². The van der Waals surface area contributed by atoms with Gasteiger partial charge < -0.3 is 21.7 Å². The first-order valence-electron chi connectivity index (χ1n) is 12.4. The van der Waals surface area contributed by atoms with Crippen LogP contribution >= 0.6 is 0 Å². The molecule has 0 fully saturated rings. The van der Waals surface area contributed by atoms with Crippen molar-refractivity contribution in [3.05, 3.63) is 126 Å². The maximum Gasteiger partial charge on any atom is 0.256 e. The van der Waals surface area contributed by atoms with Crippen molar-refractivity contribution in [1.82, 2.24) is 9.97 Å². The van der Waals surface area contributed by atoms with E-state index in [0.717, 1.165) is 22.4 Å². The Morgan fingerprint density at radius 3 is 2.20 bits per heavy atom. The van der Waals surface area contributed by atoms with E-state index in [0.29, 0.717) is 34.1 Å². The van der Waals surface area contributed by atoms with Crippen LogP contribution in [0.1, 0.15) is 26.3 Å². The number of aromatic nitrogens is 2. The summed E-state index contributed by atoms with van der Waals surface area (Å²) in [5.74, 6) is -0.677. The number of nitrogens with one attached hydrogen (secondary N) is 3. The van der Waals surface area contributed by atoms with E-state index in [9.17, 15) is 14.0 Å². The van der Waals surface area contributed by atoms with Gasteiger partial charge in [-0.1, -0.05) is 36.4 Å². The van der Waals surface area contributed by atoms with Crippen LogP contribution in [0.2, 0.25) is 0 Å². The van der Waals surface area contributed by atoms with E-state index in [1.54, 1.807) is 60.7 Å². The quantitative estimate of drug-likeness (QED) is 0.179. The van der Waals surface area contributed by atoms with Gasteiger partial charge in [0, 0.05) is 28.2 Å². The first kappa shape index (κ1) is 26.1. The molecule has 4 aromatic carbocycles. The summed E-state index contributed by atoms with van der Waals surface area (Å²) in [6.07, 6.45) is 2.99. The van der Waals surface area contributed by atoms with Crippen molar-refractivity contribution >= 4 is 40.5 Å². The number of anilines is 5. The Morgan fingerprint density at radius 1 is 0.725 bits per heavy atom. The van der Waals surface area contributed by atoms with Crippen molar-refractivity contribution in [2.24, 2.45) is 0 Å². The normalized spacial score (nSPS) is 10.6. The monoisotopic (exact) mass is 532 g/mol.